The number of carbonyl (C=O) groups is 1. The number of anilines is 1. The van der Waals surface area contributed by atoms with Crippen molar-refractivity contribution in [2.24, 2.45) is 11.0 Å². The van der Waals surface area contributed by atoms with Gasteiger partial charge in [0.2, 0.25) is 5.91 Å². The fourth-order valence-corrected chi connectivity index (χ4v) is 2.07. The smallest absolute Gasteiger partial charge is 0.239 e. The number of nitrogens with one attached hydrogen (secondary N) is 3. The van der Waals surface area contributed by atoms with Crippen LogP contribution < -0.4 is 16.1 Å². The number of hydrogen-bond donors (Lipinski definition) is 3. The van der Waals surface area contributed by atoms with E-state index >= 15 is 0 Å². The number of pyridine rings is 1. The quantitative estimate of drug-likeness (QED) is 0.564. The summed E-state index contributed by atoms with van der Waals surface area (Å²) in [4.78, 5) is 15.8. The Balaban J connectivity index is 2.20. The molecular formula is C16H19N5O. The number of allylic oxidation sites excluding steroid dienone is 1. The summed E-state index contributed by atoms with van der Waals surface area (Å²) in [6.45, 7) is 2.16. The number of hydrogen-bond acceptors (Lipinski definition) is 5. The van der Waals surface area contributed by atoms with Gasteiger partial charge >= 0.3 is 0 Å². The van der Waals surface area contributed by atoms with E-state index in [1.54, 1.807) is 12.4 Å². The van der Waals surface area contributed by atoms with E-state index in [0.29, 0.717) is 12.2 Å². The Kier molecular flexibility index (Phi) is 5.55. The van der Waals surface area contributed by atoms with E-state index in [1.807, 2.05) is 31.2 Å². The molecule has 114 valence electrons. The molecule has 0 spiro atoms. The molecule has 6 heteroatoms. The van der Waals surface area contributed by atoms with Crippen LogP contribution in [0.1, 0.15) is 13.3 Å². The summed E-state index contributed by atoms with van der Waals surface area (Å²) in [7, 11) is 0. The van der Waals surface area contributed by atoms with Crippen molar-refractivity contribution < 1.29 is 4.79 Å². The molecule has 0 bridgehead atoms. The van der Waals surface area contributed by atoms with Crippen molar-refractivity contribution in [1.82, 2.24) is 15.6 Å². The van der Waals surface area contributed by atoms with E-state index in [9.17, 15) is 4.79 Å². The summed E-state index contributed by atoms with van der Waals surface area (Å²) in [5, 5.41) is 10.2. The Morgan fingerprint density at radius 2 is 2.36 bits per heavy atom. The lowest BCUT2D eigenvalue weighted by atomic mass is 9.98. The van der Waals surface area contributed by atoms with E-state index in [4.69, 9.17) is 6.42 Å². The number of nitrogens with zero attached hydrogens (tertiary/aromatic N) is 2. The molecule has 6 nitrogen and oxygen atoms in total. The number of hydrazone groups is 1. The molecular weight excluding hydrogens is 278 g/mol. The Morgan fingerprint density at radius 1 is 1.50 bits per heavy atom. The van der Waals surface area contributed by atoms with Gasteiger partial charge in [0.15, 0.2) is 0 Å². The van der Waals surface area contributed by atoms with Crippen molar-refractivity contribution in [3.05, 3.63) is 36.7 Å². The molecule has 0 saturated heterocycles. The Hall–Kier alpha value is -2.81. The molecule has 1 aromatic heterocycles. The van der Waals surface area contributed by atoms with E-state index in [2.05, 4.69) is 32.1 Å². The zero-order valence-corrected chi connectivity index (χ0v) is 12.4. The third-order valence-electron chi connectivity index (χ3n) is 3.11. The predicted molar refractivity (Wildman–Crippen MR) is 87.0 cm³/mol. The van der Waals surface area contributed by atoms with Gasteiger partial charge in [0.1, 0.15) is 5.82 Å². The van der Waals surface area contributed by atoms with Crippen LogP contribution in [-0.4, -0.2) is 29.2 Å². The molecule has 1 aliphatic rings. The molecule has 0 saturated carbocycles. The molecule has 22 heavy (non-hydrogen) atoms. The van der Waals surface area contributed by atoms with E-state index in [-0.39, 0.29) is 24.4 Å². The molecule has 2 heterocycles. The molecule has 2 atom stereocenters. The second-order valence-electron chi connectivity index (χ2n) is 4.99. The number of amides is 1. The van der Waals surface area contributed by atoms with Crippen molar-refractivity contribution in [3.63, 3.8) is 0 Å². The van der Waals surface area contributed by atoms with Gasteiger partial charge in [-0.1, -0.05) is 12.0 Å². The normalized spacial score (nSPS) is 25.5. The summed E-state index contributed by atoms with van der Waals surface area (Å²) in [6.07, 6.45) is 11.4. The molecule has 1 aromatic rings. The minimum atomic E-state index is -0.249. The Morgan fingerprint density at radius 3 is 3.09 bits per heavy atom. The highest BCUT2D eigenvalue weighted by Gasteiger charge is 2.17. The van der Waals surface area contributed by atoms with Crippen molar-refractivity contribution in [1.29, 1.82) is 0 Å². The van der Waals surface area contributed by atoms with E-state index in [1.165, 1.54) is 0 Å². The van der Waals surface area contributed by atoms with Gasteiger partial charge in [-0.15, -0.1) is 6.42 Å². The van der Waals surface area contributed by atoms with Gasteiger partial charge in [-0.25, -0.2) is 4.98 Å². The zero-order valence-electron chi connectivity index (χ0n) is 12.4. The number of aromatic nitrogens is 1. The van der Waals surface area contributed by atoms with Crippen LogP contribution >= 0.6 is 0 Å². The summed E-state index contributed by atoms with van der Waals surface area (Å²) in [5.41, 5.74) is 3.67. The second-order valence-corrected chi connectivity index (χ2v) is 4.99. The van der Waals surface area contributed by atoms with Crippen molar-refractivity contribution >= 4 is 17.4 Å². The van der Waals surface area contributed by atoms with Crippen molar-refractivity contribution in [2.45, 2.75) is 19.4 Å². The molecule has 1 aliphatic heterocycles. The number of rotatable bonds is 2. The maximum atomic E-state index is 11.6. The van der Waals surface area contributed by atoms with Gasteiger partial charge in [-0.05, 0) is 31.3 Å². The highest BCUT2D eigenvalue weighted by Crippen LogP contribution is 2.10. The summed E-state index contributed by atoms with van der Waals surface area (Å²) in [5.74, 6) is 3.04. The minimum absolute atomic E-state index is 0.0547. The average Bonchev–Trinajstić information content (AvgIpc) is 2.52. The highest BCUT2D eigenvalue weighted by molar-refractivity contribution is 5.92. The Bertz CT molecular complexity index is 603. The van der Waals surface area contributed by atoms with Crippen molar-refractivity contribution in [3.8, 4) is 12.3 Å². The molecule has 1 amide bonds. The van der Waals surface area contributed by atoms with Crippen LogP contribution in [-0.2, 0) is 4.79 Å². The van der Waals surface area contributed by atoms with Gasteiger partial charge in [0, 0.05) is 18.7 Å². The lowest BCUT2D eigenvalue weighted by Gasteiger charge is -2.19. The predicted octanol–water partition coefficient (Wildman–Crippen LogP) is 1.11. The van der Waals surface area contributed by atoms with Gasteiger partial charge < -0.3 is 10.6 Å². The first-order valence-electron chi connectivity index (χ1n) is 7.08. The van der Waals surface area contributed by atoms with Gasteiger partial charge in [-0.2, -0.15) is 5.10 Å². The largest absolute Gasteiger partial charge is 0.382 e. The Labute approximate surface area is 130 Å². The molecule has 0 radical (unpaired) electrons. The molecule has 0 aromatic carbocycles. The zero-order chi connectivity index (χ0) is 15.8. The van der Waals surface area contributed by atoms with Crippen LogP contribution in [0.4, 0.5) is 5.82 Å². The topological polar surface area (TPSA) is 78.4 Å². The lowest BCUT2D eigenvalue weighted by Crippen LogP contribution is -2.40. The van der Waals surface area contributed by atoms with Gasteiger partial charge in [0.05, 0.1) is 18.2 Å². The first-order chi connectivity index (χ1) is 10.7. The standard InChI is InChI=1S/C16H19N5O/c1-3-13-7-9-17-11-16(22)19-12(2)10-14(13)20-21-15-6-4-5-8-18-15/h1,4-9,12-13,17H,10-11H2,2H3,(H,18,21)(H,19,22)/b9-7-,20-14+. The van der Waals surface area contributed by atoms with Crippen LogP contribution in [0.25, 0.3) is 0 Å². The molecule has 2 unspecified atom stereocenters. The number of carbonyl (C=O) groups excluding carboxylic acids is 1. The molecule has 0 fully saturated rings. The maximum Gasteiger partial charge on any atom is 0.239 e. The third-order valence-corrected chi connectivity index (χ3v) is 3.11. The number of terminal acetylenes is 1. The molecule has 2 rings (SSSR count). The van der Waals surface area contributed by atoms with E-state index < -0.39 is 0 Å². The average molecular weight is 297 g/mol. The fraction of sp³-hybridized carbons (Fsp3) is 0.312. The van der Waals surface area contributed by atoms with Crippen LogP contribution in [0.5, 0.6) is 0 Å². The van der Waals surface area contributed by atoms with Gasteiger partial charge in [-0.3, -0.25) is 10.2 Å². The summed E-state index contributed by atoms with van der Waals surface area (Å²) >= 11 is 0. The molecule has 3 N–H and O–H groups in total. The summed E-state index contributed by atoms with van der Waals surface area (Å²) < 4.78 is 0. The second kappa shape index (κ2) is 7.84. The molecule has 0 aliphatic carbocycles. The van der Waals surface area contributed by atoms with Gasteiger partial charge in [0.25, 0.3) is 0 Å². The van der Waals surface area contributed by atoms with Crippen LogP contribution in [0.3, 0.4) is 0 Å². The third kappa shape index (κ3) is 4.63. The highest BCUT2D eigenvalue weighted by atomic mass is 16.1. The van der Waals surface area contributed by atoms with Crippen LogP contribution in [0.2, 0.25) is 0 Å². The lowest BCUT2D eigenvalue weighted by molar-refractivity contribution is -0.120. The monoisotopic (exact) mass is 297 g/mol. The van der Waals surface area contributed by atoms with Crippen LogP contribution in [0.15, 0.2) is 41.8 Å². The first kappa shape index (κ1) is 15.6. The van der Waals surface area contributed by atoms with Crippen LogP contribution in [0, 0.1) is 18.3 Å². The fourth-order valence-electron chi connectivity index (χ4n) is 2.07. The van der Waals surface area contributed by atoms with Crippen molar-refractivity contribution in [2.75, 3.05) is 12.0 Å². The first-order valence-corrected chi connectivity index (χ1v) is 7.08. The van der Waals surface area contributed by atoms with E-state index in [0.717, 1.165) is 5.71 Å². The summed E-state index contributed by atoms with van der Waals surface area (Å²) in [6, 6.07) is 5.46. The minimum Gasteiger partial charge on any atom is -0.382 e. The maximum absolute atomic E-state index is 11.6. The SMILES string of the molecule is C#CC1/C=C\NCC(=O)NC(C)C/C1=N\Nc1ccccn1.